The summed E-state index contributed by atoms with van der Waals surface area (Å²) in [5.41, 5.74) is -0.117. The first kappa shape index (κ1) is 8.21. The molecule has 0 aromatic carbocycles. The smallest absolute Gasteiger partial charge is 0.138 e. The lowest BCUT2D eigenvalue weighted by atomic mass is 10.1. The Hall–Kier alpha value is 0.110. The van der Waals surface area contributed by atoms with E-state index < -0.39 is 0 Å². The molecule has 0 amide bonds. The summed E-state index contributed by atoms with van der Waals surface area (Å²) in [5.74, 6) is 0. The highest BCUT2D eigenvalue weighted by Gasteiger charge is 2.28. The maximum atomic E-state index is 5.50. The summed E-state index contributed by atoms with van der Waals surface area (Å²) in [5, 5.41) is 5.43. The van der Waals surface area contributed by atoms with Crippen molar-refractivity contribution in [2.24, 2.45) is 5.16 Å². The van der Waals surface area contributed by atoms with Crippen molar-refractivity contribution < 1.29 is 4.84 Å². The predicted molar refractivity (Wildman–Crippen MR) is 45.5 cm³/mol. The summed E-state index contributed by atoms with van der Waals surface area (Å²) in [6.07, 6.45) is 0.879. The molecule has 0 unspecified atom stereocenters. The van der Waals surface area contributed by atoms with Crippen LogP contribution in [0.2, 0.25) is 0 Å². The molecule has 0 saturated heterocycles. The Morgan fingerprint density at radius 1 is 1.80 bits per heavy atom. The van der Waals surface area contributed by atoms with Crippen LogP contribution in [-0.4, -0.2) is 15.9 Å². The van der Waals surface area contributed by atoms with Gasteiger partial charge in [0.15, 0.2) is 0 Å². The first-order chi connectivity index (χ1) is 4.64. The molecule has 1 aliphatic heterocycles. The average Bonchev–Trinajstić information content (AvgIpc) is 2.12. The number of hydrogen-bond donors (Lipinski definition) is 0. The van der Waals surface area contributed by atoms with E-state index in [0.717, 1.165) is 11.5 Å². The number of oxime groups is 1. The Labute approximate surface area is 69.9 Å². The van der Waals surface area contributed by atoms with Gasteiger partial charge in [-0.15, -0.1) is 11.6 Å². The quantitative estimate of drug-likeness (QED) is 0.577. The van der Waals surface area contributed by atoms with Crippen LogP contribution >= 0.6 is 23.4 Å². The number of halogens is 1. The second-order valence-corrected chi connectivity index (χ2v) is 4.40. The Balaban J connectivity index is 2.39. The molecule has 0 saturated carbocycles. The first-order valence-electron chi connectivity index (χ1n) is 3.08. The van der Waals surface area contributed by atoms with Gasteiger partial charge in [-0.05, 0) is 13.8 Å². The lowest BCUT2D eigenvalue weighted by molar-refractivity contribution is 0.0123. The minimum absolute atomic E-state index is 0.117. The number of rotatable bonds is 1. The zero-order valence-corrected chi connectivity index (χ0v) is 7.63. The van der Waals surface area contributed by atoms with Crippen LogP contribution in [0, 0.1) is 0 Å². The normalized spacial score (nSPS) is 22.1. The standard InChI is InChI=1S/C6H10ClNOS/c1-6(2)3-5(8-9-6)10-4-7/h3-4H2,1-2H3. The van der Waals surface area contributed by atoms with Crippen molar-refractivity contribution in [1.29, 1.82) is 0 Å². The number of nitrogens with zero attached hydrogens (tertiary/aromatic N) is 1. The lowest BCUT2D eigenvalue weighted by Crippen LogP contribution is -2.18. The van der Waals surface area contributed by atoms with Gasteiger partial charge >= 0.3 is 0 Å². The molecule has 10 heavy (non-hydrogen) atoms. The summed E-state index contributed by atoms with van der Waals surface area (Å²) < 4.78 is 0. The van der Waals surface area contributed by atoms with Gasteiger partial charge in [-0.2, -0.15) is 0 Å². The van der Waals surface area contributed by atoms with Gasteiger partial charge in [0.1, 0.15) is 10.6 Å². The summed E-state index contributed by atoms with van der Waals surface area (Å²) in [4.78, 5) is 5.11. The van der Waals surface area contributed by atoms with E-state index in [0.29, 0.717) is 5.21 Å². The molecule has 0 bridgehead atoms. The van der Waals surface area contributed by atoms with Crippen LogP contribution in [0.25, 0.3) is 0 Å². The van der Waals surface area contributed by atoms with Gasteiger partial charge in [0, 0.05) is 6.42 Å². The third kappa shape index (κ3) is 2.06. The van der Waals surface area contributed by atoms with E-state index in [1.807, 2.05) is 13.8 Å². The molecule has 2 nitrogen and oxygen atoms in total. The van der Waals surface area contributed by atoms with Crippen molar-refractivity contribution in [1.82, 2.24) is 0 Å². The lowest BCUT2D eigenvalue weighted by Gasteiger charge is -2.12. The fraction of sp³-hybridized carbons (Fsp3) is 0.833. The summed E-state index contributed by atoms with van der Waals surface area (Å²) >= 11 is 7.03. The van der Waals surface area contributed by atoms with Crippen molar-refractivity contribution >= 4 is 28.4 Å². The minimum atomic E-state index is -0.117. The monoisotopic (exact) mass is 179 g/mol. The van der Waals surface area contributed by atoms with E-state index in [1.165, 1.54) is 11.8 Å². The zero-order valence-electron chi connectivity index (χ0n) is 6.06. The third-order valence-corrected chi connectivity index (χ3v) is 2.18. The van der Waals surface area contributed by atoms with E-state index in [4.69, 9.17) is 16.4 Å². The van der Waals surface area contributed by atoms with Crippen molar-refractivity contribution in [3.8, 4) is 0 Å². The molecule has 0 aromatic rings. The van der Waals surface area contributed by atoms with Crippen LogP contribution in [0.3, 0.4) is 0 Å². The summed E-state index contributed by atoms with van der Waals surface area (Å²) in [7, 11) is 0. The molecule has 0 aliphatic carbocycles. The van der Waals surface area contributed by atoms with Gasteiger partial charge in [-0.1, -0.05) is 16.9 Å². The van der Waals surface area contributed by atoms with Crippen molar-refractivity contribution in [3.63, 3.8) is 0 Å². The number of thioether (sulfide) groups is 1. The van der Waals surface area contributed by atoms with Crippen LogP contribution in [-0.2, 0) is 4.84 Å². The van der Waals surface area contributed by atoms with Crippen molar-refractivity contribution in [2.45, 2.75) is 25.9 Å². The molecule has 0 aromatic heterocycles. The average molecular weight is 180 g/mol. The summed E-state index contributed by atoms with van der Waals surface area (Å²) in [6.45, 7) is 4.02. The molecule has 4 heteroatoms. The fourth-order valence-corrected chi connectivity index (χ4v) is 1.79. The highest BCUT2D eigenvalue weighted by atomic mass is 35.5. The molecular weight excluding hydrogens is 170 g/mol. The molecule has 1 aliphatic rings. The number of alkyl halides is 1. The first-order valence-corrected chi connectivity index (χ1v) is 4.60. The molecule has 58 valence electrons. The molecule has 0 spiro atoms. The van der Waals surface area contributed by atoms with Gasteiger partial charge in [0.25, 0.3) is 0 Å². The third-order valence-electron chi connectivity index (χ3n) is 1.19. The Bertz CT molecular complexity index is 158. The molecule has 1 rings (SSSR count). The topological polar surface area (TPSA) is 21.6 Å². The molecule has 0 N–H and O–H groups in total. The van der Waals surface area contributed by atoms with Crippen LogP contribution in [0.15, 0.2) is 5.16 Å². The van der Waals surface area contributed by atoms with Gasteiger partial charge in [-0.25, -0.2) is 0 Å². The maximum absolute atomic E-state index is 5.50. The van der Waals surface area contributed by atoms with Crippen LogP contribution in [0.5, 0.6) is 0 Å². The van der Waals surface area contributed by atoms with E-state index in [-0.39, 0.29) is 5.60 Å². The summed E-state index contributed by atoms with van der Waals surface area (Å²) in [6, 6.07) is 0. The number of hydrogen-bond acceptors (Lipinski definition) is 3. The molecule has 0 radical (unpaired) electrons. The van der Waals surface area contributed by atoms with Gasteiger partial charge in [0.05, 0.1) is 5.21 Å². The second kappa shape index (κ2) is 3.01. The highest BCUT2D eigenvalue weighted by molar-refractivity contribution is 8.14. The maximum Gasteiger partial charge on any atom is 0.138 e. The Kier molecular flexibility index (Phi) is 2.47. The molecular formula is C6H10ClNOS. The molecule has 1 heterocycles. The SMILES string of the molecule is CC1(C)CC(SCCl)=NO1. The molecule has 0 fully saturated rings. The predicted octanol–water partition coefficient (Wildman–Crippen LogP) is 2.43. The van der Waals surface area contributed by atoms with E-state index >= 15 is 0 Å². The Morgan fingerprint density at radius 2 is 2.50 bits per heavy atom. The van der Waals surface area contributed by atoms with E-state index in [9.17, 15) is 0 Å². The van der Waals surface area contributed by atoms with Gasteiger partial charge in [0.2, 0.25) is 0 Å². The van der Waals surface area contributed by atoms with Crippen molar-refractivity contribution in [2.75, 3.05) is 5.21 Å². The van der Waals surface area contributed by atoms with Crippen molar-refractivity contribution in [3.05, 3.63) is 0 Å². The van der Waals surface area contributed by atoms with Crippen LogP contribution < -0.4 is 0 Å². The minimum Gasteiger partial charge on any atom is -0.389 e. The zero-order chi connectivity index (χ0) is 7.61. The van der Waals surface area contributed by atoms with Crippen LogP contribution in [0.1, 0.15) is 20.3 Å². The highest BCUT2D eigenvalue weighted by Crippen LogP contribution is 2.27. The van der Waals surface area contributed by atoms with Gasteiger partial charge in [-0.3, -0.25) is 0 Å². The molecule has 0 atom stereocenters. The van der Waals surface area contributed by atoms with E-state index in [1.54, 1.807) is 0 Å². The second-order valence-electron chi connectivity index (χ2n) is 2.77. The fourth-order valence-electron chi connectivity index (χ4n) is 0.744. The van der Waals surface area contributed by atoms with Crippen LogP contribution in [0.4, 0.5) is 0 Å². The van der Waals surface area contributed by atoms with Gasteiger partial charge < -0.3 is 4.84 Å². The van der Waals surface area contributed by atoms with E-state index in [2.05, 4.69) is 5.16 Å². The Morgan fingerprint density at radius 3 is 2.90 bits per heavy atom. The largest absolute Gasteiger partial charge is 0.389 e.